The Kier molecular flexibility index (Phi) is 5.32. The van der Waals surface area contributed by atoms with E-state index in [1.54, 1.807) is 43.6 Å². The number of aromatic amines is 1. The van der Waals surface area contributed by atoms with E-state index >= 15 is 0 Å². The lowest BCUT2D eigenvalue weighted by atomic mass is 10.1. The van der Waals surface area contributed by atoms with Gasteiger partial charge in [0.15, 0.2) is 0 Å². The second kappa shape index (κ2) is 7.96. The lowest BCUT2D eigenvalue weighted by molar-refractivity contribution is 0.0946. The van der Waals surface area contributed by atoms with Gasteiger partial charge in [0.25, 0.3) is 5.91 Å². The fourth-order valence-corrected chi connectivity index (χ4v) is 4.89. The third-order valence-electron chi connectivity index (χ3n) is 5.10. The molecule has 0 aliphatic heterocycles. The molecule has 2 heterocycles. The number of aryl methyl sites for hydroxylation is 2. The van der Waals surface area contributed by atoms with E-state index in [0.717, 1.165) is 16.5 Å². The molecular formula is C23H20FN3O3S. The SMILES string of the molecule is Cc1cc(S(=O)(=O)c2ccc(CNC(=O)c3cc4cnccc4[nH]3)cc2)c(C)cc1F. The minimum atomic E-state index is -3.78. The standard InChI is InChI=1S/C23H20FN3O3S/c1-14-10-22(15(2)9-19(14)24)31(29,30)18-5-3-16(4-6-18)12-26-23(28)21-11-17-13-25-8-7-20(17)27-21/h3-11,13,27H,12H2,1-2H3,(H,26,28). The number of nitrogens with one attached hydrogen (secondary N) is 2. The van der Waals surface area contributed by atoms with Gasteiger partial charge in [0.2, 0.25) is 9.84 Å². The molecule has 2 aromatic heterocycles. The molecule has 0 saturated carbocycles. The molecule has 4 aromatic rings. The van der Waals surface area contributed by atoms with E-state index in [1.807, 2.05) is 0 Å². The summed E-state index contributed by atoms with van der Waals surface area (Å²) >= 11 is 0. The fourth-order valence-electron chi connectivity index (χ4n) is 3.33. The summed E-state index contributed by atoms with van der Waals surface area (Å²) in [7, 11) is -3.78. The third-order valence-corrected chi connectivity index (χ3v) is 7.01. The molecule has 2 aromatic carbocycles. The molecule has 0 unspecified atom stereocenters. The molecule has 0 bridgehead atoms. The van der Waals surface area contributed by atoms with Crippen molar-refractivity contribution in [1.29, 1.82) is 0 Å². The van der Waals surface area contributed by atoms with Gasteiger partial charge < -0.3 is 10.3 Å². The molecule has 0 atom stereocenters. The minimum absolute atomic E-state index is 0.0840. The van der Waals surface area contributed by atoms with Gasteiger partial charge in [-0.15, -0.1) is 0 Å². The molecule has 0 fully saturated rings. The highest BCUT2D eigenvalue weighted by atomic mass is 32.2. The summed E-state index contributed by atoms with van der Waals surface area (Å²) < 4.78 is 39.6. The summed E-state index contributed by atoms with van der Waals surface area (Å²) in [4.78, 5) is 19.7. The largest absolute Gasteiger partial charge is 0.350 e. The average Bonchev–Trinajstić information content (AvgIpc) is 3.19. The number of H-pyrrole nitrogens is 1. The highest BCUT2D eigenvalue weighted by Gasteiger charge is 2.21. The number of amides is 1. The Balaban J connectivity index is 1.49. The molecule has 2 N–H and O–H groups in total. The number of carbonyl (C=O) groups is 1. The number of pyridine rings is 1. The van der Waals surface area contributed by atoms with Gasteiger partial charge in [-0.1, -0.05) is 12.1 Å². The number of hydrogen-bond acceptors (Lipinski definition) is 4. The van der Waals surface area contributed by atoms with Gasteiger partial charge in [0.1, 0.15) is 11.5 Å². The van der Waals surface area contributed by atoms with Gasteiger partial charge in [-0.25, -0.2) is 12.8 Å². The van der Waals surface area contributed by atoms with Crippen LogP contribution >= 0.6 is 0 Å². The summed E-state index contributed by atoms with van der Waals surface area (Å²) in [5.41, 5.74) is 2.62. The van der Waals surface area contributed by atoms with Crippen molar-refractivity contribution in [2.45, 2.75) is 30.2 Å². The monoisotopic (exact) mass is 437 g/mol. The van der Waals surface area contributed by atoms with Crippen LogP contribution in [0.5, 0.6) is 0 Å². The Bertz CT molecular complexity index is 1360. The molecule has 4 rings (SSSR count). The maximum atomic E-state index is 13.7. The van der Waals surface area contributed by atoms with Crippen molar-refractivity contribution in [2.24, 2.45) is 0 Å². The summed E-state index contributed by atoms with van der Waals surface area (Å²) in [5, 5.41) is 3.65. The van der Waals surface area contributed by atoms with Crippen LogP contribution in [0, 0.1) is 19.7 Å². The van der Waals surface area contributed by atoms with Crippen LogP contribution in [-0.2, 0) is 16.4 Å². The maximum Gasteiger partial charge on any atom is 0.267 e. The first-order valence-electron chi connectivity index (χ1n) is 9.57. The van der Waals surface area contributed by atoms with Crippen LogP contribution in [0.4, 0.5) is 4.39 Å². The topological polar surface area (TPSA) is 91.9 Å². The number of nitrogens with zero attached hydrogens (tertiary/aromatic N) is 1. The van der Waals surface area contributed by atoms with E-state index in [1.165, 1.54) is 31.2 Å². The van der Waals surface area contributed by atoms with Crippen molar-refractivity contribution < 1.29 is 17.6 Å². The zero-order chi connectivity index (χ0) is 22.2. The number of sulfone groups is 1. The first-order chi connectivity index (χ1) is 14.8. The highest BCUT2D eigenvalue weighted by Crippen LogP contribution is 2.26. The van der Waals surface area contributed by atoms with Crippen molar-refractivity contribution in [2.75, 3.05) is 0 Å². The molecule has 0 spiro atoms. The number of rotatable bonds is 5. The van der Waals surface area contributed by atoms with Crippen LogP contribution in [0.15, 0.2) is 70.7 Å². The first kappa shape index (κ1) is 20.7. The Morgan fingerprint density at radius 1 is 1.06 bits per heavy atom. The molecule has 158 valence electrons. The smallest absolute Gasteiger partial charge is 0.267 e. The summed E-state index contributed by atoms with van der Waals surface area (Å²) in [6.45, 7) is 3.34. The van der Waals surface area contributed by atoms with Crippen molar-refractivity contribution in [3.63, 3.8) is 0 Å². The Hall–Kier alpha value is -3.52. The number of halogens is 1. The molecular weight excluding hydrogens is 417 g/mol. The van der Waals surface area contributed by atoms with Crippen molar-refractivity contribution in [3.05, 3.63) is 89.1 Å². The van der Waals surface area contributed by atoms with Gasteiger partial charge in [-0.3, -0.25) is 9.78 Å². The Labute approximate surface area is 179 Å². The molecule has 0 aliphatic carbocycles. The lowest BCUT2D eigenvalue weighted by Crippen LogP contribution is -2.23. The van der Waals surface area contributed by atoms with Crippen LogP contribution in [0.2, 0.25) is 0 Å². The predicted molar refractivity (Wildman–Crippen MR) is 115 cm³/mol. The van der Waals surface area contributed by atoms with Gasteiger partial charge in [0.05, 0.1) is 9.79 Å². The molecule has 6 nitrogen and oxygen atoms in total. The number of carbonyl (C=O) groups excluding carboxylic acids is 1. The van der Waals surface area contributed by atoms with E-state index in [-0.39, 0.29) is 27.8 Å². The van der Waals surface area contributed by atoms with Crippen molar-refractivity contribution >= 4 is 26.6 Å². The molecule has 1 amide bonds. The van der Waals surface area contributed by atoms with Gasteiger partial charge in [-0.2, -0.15) is 0 Å². The van der Waals surface area contributed by atoms with Crippen LogP contribution in [0.1, 0.15) is 27.2 Å². The minimum Gasteiger partial charge on any atom is -0.350 e. The highest BCUT2D eigenvalue weighted by molar-refractivity contribution is 7.91. The second-order valence-corrected chi connectivity index (χ2v) is 9.26. The maximum absolute atomic E-state index is 13.7. The summed E-state index contributed by atoms with van der Waals surface area (Å²) in [5.74, 6) is -0.709. The number of hydrogen-bond donors (Lipinski definition) is 2. The number of aromatic nitrogens is 2. The van der Waals surface area contributed by atoms with E-state index in [9.17, 15) is 17.6 Å². The molecule has 8 heteroatoms. The van der Waals surface area contributed by atoms with Crippen LogP contribution < -0.4 is 5.32 Å². The zero-order valence-electron chi connectivity index (χ0n) is 16.9. The summed E-state index contributed by atoms with van der Waals surface area (Å²) in [6, 6.07) is 12.4. The zero-order valence-corrected chi connectivity index (χ0v) is 17.8. The van der Waals surface area contributed by atoms with E-state index in [2.05, 4.69) is 15.3 Å². The third kappa shape index (κ3) is 4.06. The van der Waals surface area contributed by atoms with Gasteiger partial charge in [-0.05, 0) is 66.9 Å². The average molecular weight is 437 g/mol. The van der Waals surface area contributed by atoms with Crippen molar-refractivity contribution in [1.82, 2.24) is 15.3 Å². The summed E-state index contributed by atoms with van der Waals surface area (Å²) in [6.07, 6.45) is 3.32. The normalized spacial score (nSPS) is 11.6. The fraction of sp³-hybridized carbons (Fsp3) is 0.130. The van der Waals surface area contributed by atoms with Gasteiger partial charge in [0, 0.05) is 29.8 Å². The predicted octanol–water partition coefficient (Wildman–Crippen LogP) is 4.08. The molecule has 0 radical (unpaired) electrons. The lowest BCUT2D eigenvalue weighted by Gasteiger charge is -2.11. The van der Waals surface area contributed by atoms with E-state index in [0.29, 0.717) is 11.3 Å². The van der Waals surface area contributed by atoms with Crippen molar-refractivity contribution in [3.8, 4) is 0 Å². The van der Waals surface area contributed by atoms with E-state index in [4.69, 9.17) is 0 Å². The Morgan fingerprint density at radius 2 is 1.81 bits per heavy atom. The molecule has 0 saturated heterocycles. The second-order valence-electron chi connectivity index (χ2n) is 7.34. The number of benzene rings is 2. The quantitative estimate of drug-likeness (QED) is 0.460. The Morgan fingerprint density at radius 3 is 2.52 bits per heavy atom. The van der Waals surface area contributed by atoms with Crippen LogP contribution in [-0.4, -0.2) is 24.3 Å². The number of fused-ring (bicyclic) bond motifs is 1. The molecule has 0 aliphatic rings. The molecule has 31 heavy (non-hydrogen) atoms. The van der Waals surface area contributed by atoms with Crippen LogP contribution in [0.25, 0.3) is 10.9 Å². The first-order valence-corrected chi connectivity index (χ1v) is 11.1. The van der Waals surface area contributed by atoms with Gasteiger partial charge >= 0.3 is 0 Å². The van der Waals surface area contributed by atoms with Crippen LogP contribution in [0.3, 0.4) is 0 Å². The van der Waals surface area contributed by atoms with E-state index < -0.39 is 15.7 Å².